The van der Waals surface area contributed by atoms with Crippen LogP contribution < -0.4 is 4.74 Å². The lowest BCUT2D eigenvalue weighted by Gasteiger charge is -2.43. The van der Waals surface area contributed by atoms with Gasteiger partial charge in [0.25, 0.3) is 0 Å². The predicted molar refractivity (Wildman–Crippen MR) is 86.4 cm³/mol. The predicted octanol–water partition coefficient (Wildman–Crippen LogP) is 2.67. The molecule has 0 aromatic heterocycles. The number of ether oxygens (including phenoxy) is 1. The number of aromatic hydroxyl groups is 1. The van der Waals surface area contributed by atoms with Crippen molar-refractivity contribution in [3.63, 3.8) is 0 Å². The molecule has 4 heteroatoms. The lowest BCUT2D eigenvalue weighted by Crippen LogP contribution is -2.47. The molecule has 3 rings (SSSR count). The SMILES string of the molecule is CC(C)Oc1ccc([C@@]23CC[C@@H](O)C[C@@H]2N(C)CC3)cc1O. The van der Waals surface area contributed by atoms with E-state index in [9.17, 15) is 10.2 Å². The minimum atomic E-state index is -0.198. The third-order valence-corrected chi connectivity index (χ3v) is 5.40. The number of hydrogen-bond donors (Lipinski definition) is 2. The molecular formula is C18H27NO3. The quantitative estimate of drug-likeness (QED) is 0.901. The lowest BCUT2D eigenvalue weighted by molar-refractivity contribution is 0.0566. The molecule has 0 unspecified atom stereocenters. The van der Waals surface area contributed by atoms with Crippen molar-refractivity contribution in [1.82, 2.24) is 4.90 Å². The highest BCUT2D eigenvalue weighted by Crippen LogP contribution is 2.49. The second-order valence-corrected chi connectivity index (χ2v) is 7.18. The summed E-state index contributed by atoms with van der Waals surface area (Å²) in [4.78, 5) is 2.36. The molecule has 4 nitrogen and oxygen atoms in total. The fourth-order valence-electron chi connectivity index (χ4n) is 4.28. The molecule has 1 heterocycles. The molecule has 0 amide bonds. The number of phenolic OH excluding ortho intramolecular Hbond substituents is 1. The van der Waals surface area contributed by atoms with E-state index in [1.165, 1.54) is 5.56 Å². The van der Waals surface area contributed by atoms with Crippen molar-refractivity contribution in [2.45, 2.75) is 63.2 Å². The van der Waals surface area contributed by atoms with Crippen LogP contribution in [-0.4, -0.2) is 47.0 Å². The molecule has 122 valence electrons. The molecular weight excluding hydrogens is 278 g/mol. The largest absolute Gasteiger partial charge is 0.504 e. The highest BCUT2D eigenvalue weighted by Gasteiger charge is 2.50. The summed E-state index contributed by atoms with van der Waals surface area (Å²) in [6, 6.07) is 6.22. The van der Waals surface area contributed by atoms with Gasteiger partial charge in [-0.15, -0.1) is 0 Å². The smallest absolute Gasteiger partial charge is 0.161 e. The molecule has 2 N–H and O–H groups in total. The molecule has 1 aliphatic heterocycles. The molecule has 2 fully saturated rings. The molecule has 0 bridgehead atoms. The highest BCUT2D eigenvalue weighted by molar-refractivity contribution is 5.45. The Labute approximate surface area is 132 Å². The maximum Gasteiger partial charge on any atom is 0.161 e. The summed E-state index contributed by atoms with van der Waals surface area (Å²) < 4.78 is 5.63. The fraction of sp³-hybridized carbons (Fsp3) is 0.667. The molecule has 1 aliphatic carbocycles. The van der Waals surface area contributed by atoms with Crippen molar-refractivity contribution in [1.29, 1.82) is 0 Å². The van der Waals surface area contributed by atoms with E-state index in [0.29, 0.717) is 11.8 Å². The molecule has 1 aromatic carbocycles. The second kappa shape index (κ2) is 5.74. The Balaban J connectivity index is 1.93. The number of hydrogen-bond acceptors (Lipinski definition) is 4. The van der Waals surface area contributed by atoms with Crippen LogP contribution in [0.2, 0.25) is 0 Å². The minimum Gasteiger partial charge on any atom is -0.504 e. The zero-order valence-corrected chi connectivity index (χ0v) is 13.7. The van der Waals surface area contributed by atoms with Gasteiger partial charge in [-0.2, -0.15) is 0 Å². The first-order valence-corrected chi connectivity index (χ1v) is 8.31. The molecule has 1 saturated carbocycles. The van der Waals surface area contributed by atoms with Crippen LogP contribution in [0.1, 0.15) is 45.1 Å². The Morgan fingerprint density at radius 2 is 2.09 bits per heavy atom. The summed E-state index contributed by atoms with van der Waals surface area (Å²) in [6.45, 7) is 4.95. The van der Waals surface area contributed by atoms with Crippen LogP contribution in [0.15, 0.2) is 18.2 Å². The summed E-state index contributed by atoms with van der Waals surface area (Å²) in [6.07, 6.45) is 3.58. The van der Waals surface area contributed by atoms with Crippen molar-refractivity contribution >= 4 is 0 Å². The van der Waals surface area contributed by atoms with Gasteiger partial charge in [-0.1, -0.05) is 6.07 Å². The maximum atomic E-state index is 10.3. The van der Waals surface area contributed by atoms with Gasteiger partial charge in [0.1, 0.15) is 0 Å². The minimum absolute atomic E-state index is 0.0464. The van der Waals surface area contributed by atoms with E-state index >= 15 is 0 Å². The fourth-order valence-corrected chi connectivity index (χ4v) is 4.28. The zero-order chi connectivity index (χ0) is 15.9. The number of nitrogens with zero attached hydrogens (tertiary/aromatic N) is 1. The Hall–Kier alpha value is -1.26. The van der Waals surface area contributed by atoms with Crippen molar-refractivity contribution in [3.05, 3.63) is 23.8 Å². The Morgan fingerprint density at radius 1 is 1.32 bits per heavy atom. The Morgan fingerprint density at radius 3 is 2.77 bits per heavy atom. The van der Waals surface area contributed by atoms with Crippen LogP contribution >= 0.6 is 0 Å². The van der Waals surface area contributed by atoms with Gasteiger partial charge in [0.2, 0.25) is 0 Å². The number of aliphatic hydroxyl groups excluding tert-OH is 1. The number of rotatable bonds is 3. The van der Waals surface area contributed by atoms with Gasteiger partial charge in [-0.3, -0.25) is 0 Å². The second-order valence-electron chi connectivity index (χ2n) is 7.18. The number of aliphatic hydroxyl groups is 1. The van der Waals surface area contributed by atoms with Crippen LogP contribution in [0.3, 0.4) is 0 Å². The van der Waals surface area contributed by atoms with Crippen molar-refractivity contribution in [2.24, 2.45) is 0 Å². The summed E-state index contributed by atoms with van der Waals surface area (Å²) in [7, 11) is 2.14. The van der Waals surface area contributed by atoms with Crippen LogP contribution in [-0.2, 0) is 5.41 Å². The van der Waals surface area contributed by atoms with Crippen molar-refractivity contribution in [3.8, 4) is 11.5 Å². The summed E-state index contributed by atoms with van der Waals surface area (Å²) >= 11 is 0. The van der Waals surface area contributed by atoms with Crippen molar-refractivity contribution in [2.75, 3.05) is 13.6 Å². The molecule has 1 aromatic rings. The van der Waals surface area contributed by atoms with Gasteiger partial charge in [-0.25, -0.2) is 0 Å². The van der Waals surface area contributed by atoms with E-state index in [0.717, 1.165) is 32.2 Å². The van der Waals surface area contributed by atoms with Crippen LogP contribution in [0.4, 0.5) is 0 Å². The standard InChI is InChI=1S/C18H27NO3/c1-12(2)22-16-5-4-13(10-15(16)21)18-7-6-14(20)11-17(18)19(3)9-8-18/h4-5,10,12,14,17,20-21H,6-9,11H2,1-3H3/t14-,17+,18+/m1/s1. The summed E-state index contributed by atoms with van der Waals surface area (Å²) in [5, 5.41) is 20.4. The molecule has 0 spiro atoms. The van der Waals surface area contributed by atoms with E-state index in [1.807, 2.05) is 26.0 Å². The number of phenols is 1. The van der Waals surface area contributed by atoms with Gasteiger partial charge in [0.05, 0.1) is 12.2 Å². The monoisotopic (exact) mass is 305 g/mol. The van der Waals surface area contributed by atoms with E-state index in [2.05, 4.69) is 18.0 Å². The van der Waals surface area contributed by atoms with Gasteiger partial charge in [0, 0.05) is 11.5 Å². The molecule has 3 atom stereocenters. The summed E-state index contributed by atoms with van der Waals surface area (Å²) in [5.74, 6) is 0.772. The normalized spacial score (nSPS) is 32.2. The first kappa shape index (κ1) is 15.6. The number of fused-ring (bicyclic) bond motifs is 1. The third-order valence-electron chi connectivity index (χ3n) is 5.40. The Kier molecular flexibility index (Phi) is 4.08. The van der Waals surface area contributed by atoms with Crippen LogP contribution in [0, 0.1) is 0 Å². The van der Waals surface area contributed by atoms with Crippen molar-refractivity contribution < 1.29 is 14.9 Å². The van der Waals surface area contributed by atoms with Crippen LogP contribution in [0.5, 0.6) is 11.5 Å². The highest BCUT2D eigenvalue weighted by atomic mass is 16.5. The van der Waals surface area contributed by atoms with E-state index in [-0.39, 0.29) is 23.4 Å². The first-order valence-electron chi connectivity index (χ1n) is 8.31. The van der Waals surface area contributed by atoms with Gasteiger partial charge in [-0.05, 0) is 70.8 Å². The molecule has 22 heavy (non-hydrogen) atoms. The average molecular weight is 305 g/mol. The zero-order valence-electron chi connectivity index (χ0n) is 13.7. The first-order chi connectivity index (χ1) is 10.4. The van der Waals surface area contributed by atoms with E-state index in [4.69, 9.17) is 4.74 Å². The van der Waals surface area contributed by atoms with Gasteiger partial charge in [0.15, 0.2) is 11.5 Å². The maximum absolute atomic E-state index is 10.3. The van der Waals surface area contributed by atoms with E-state index in [1.54, 1.807) is 0 Å². The topological polar surface area (TPSA) is 52.9 Å². The Bertz CT molecular complexity index is 545. The number of likely N-dealkylation sites (tertiary alicyclic amines) is 1. The van der Waals surface area contributed by atoms with E-state index < -0.39 is 0 Å². The molecule has 0 radical (unpaired) electrons. The average Bonchev–Trinajstić information content (AvgIpc) is 2.79. The molecule has 1 saturated heterocycles. The lowest BCUT2D eigenvalue weighted by atomic mass is 9.65. The third kappa shape index (κ3) is 2.59. The summed E-state index contributed by atoms with van der Waals surface area (Å²) in [5.41, 5.74) is 1.24. The van der Waals surface area contributed by atoms with Gasteiger partial charge >= 0.3 is 0 Å². The van der Waals surface area contributed by atoms with Crippen LogP contribution in [0.25, 0.3) is 0 Å². The number of likely N-dealkylation sites (N-methyl/N-ethyl adjacent to an activating group) is 1. The molecule has 2 aliphatic rings. The van der Waals surface area contributed by atoms with Gasteiger partial charge < -0.3 is 19.8 Å². The number of benzene rings is 1.